The first-order valence-electron chi connectivity index (χ1n) is 13.8. The lowest BCUT2D eigenvalue weighted by Crippen LogP contribution is -1.94. The van der Waals surface area contributed by atoms with Gasteiger partial charge in [-0.3, -0.25) is 0 Å². The summed E-state index contributed by atoms with van der Waals surface area (Å²) in [5.41, 5.74) is 0. The Hall–Kier alpha value is 0. The molecule has 170 valence electrons. The molecule has 0 nitrogen and oxygen atoms in total. The molecule has 0 aromatic rings. The van der Waals surface area contributed by atoms with Crippen LogP contribution in [0.3, 0.4) is 0 Å². The van der Waals surface area contributed by atoms with E-state index in [1.54, 1.807) is 0 Å². The van der Waals surface area contributed by atoms with Gasteiger partial charge in [-0.15, -0.1) is 0 Å². The molecule has 0 bridgehead atoms. The van der Waals surface area contributed by atoms with Gasteiger partial charge in [-0.25, -0.2) is 0 Å². The molecule has 0 aromatic heterocycles. The van der Waals surface area contributed by atoms with Crippen molar-refractivity contribution < 1.29 is 0 Å². The highest BCUT2D eigenvalue weighted by Gasteiger charge is 2.01. The quantitative estimate of drug-likeness (QED) is 0.143. The average molecular weight is 395 g/mol. The van der Waals surface area contributed by atoms with Gasteiger partial charge in [0.2, 0.25) is 0 Å². The first-order valence-corrected chi connectivity index (χ1v) is 13.8. The maximum absolute atomic E-state index is 2.45. The van der Waals surface area contributed by atoms with Gasteiger partial charge in [0.1, 0.15) is 0 Å². The molecule has 0 spiro atoms. The summed E-state index contributed by atoms with van der Waals surface area (Å²) in [6.45, 7) is 7.06. The molecule has 0 rings (SSSR count). The van der Waals surface area contributed by atoms with E-state index in [1.807, 2.05) is 0 Å². The highest BCUT2D eigenvalue weighted by molar-refractivity contribution is 4.55. The zero-order valence-corrected chi connectivity index (χ0v) is 20.5. The Morgan fingerprint density at radius 2 is 0.571 bits per heavy atom. The van der Waals surface area contributed by atoms with Crippen LogP contribution >= 0.6 is 0 Å². The molecule has 0 heterocycles. The van der Waals surface area contributed by atoms with Crippen molar-refractivity contribution in [2.75, 3.05) is 0 Å². The topological polar surface area (TPSA) is 0 Å². The fraction of sp³-hybridized carbons (Fsp3) is 1.00. The van der Waals surface area contributed by atoms with Gasteiger partial charge in [-0.1, -0.05) is 175 Å². The summed E-state index contributed by atoms with van der Waals surface area (Å²) in [7, 11) is 0. The van der Waals surface area contributed by atoms with Crippen LogP contribution in [0.1, 0.15) is 175 Å². The van der Waals surface area contributed by atoms with Crippen LogP contribution in [0.25, 0.3) is 0 Å². The normalized spacial score (nSPS) is 12.5. The molecule has 0 fully saturated rings. The van der Waals surface area contributed by atoms with Crippen LogP contribution in [0.2, 0.25) is 0 Å². The van der Waals surface area contributed by atoms with Gasteiger partial charge in [-0.05, 0) is 5.92 Å². The molecular formula is C28H58. The first-order chi connectivity index (χ1) is 13.8. The SMILES string of the molecule is CCCCCCCCCCCCCCCCCCCCCC[C@@H](C)CCCC. The summed E-state index contributed by atoms with van der Waals surface area (Å²) < 4.78 is 0. The molecular weight excluding hydrogens is 336 g/mol. The zero-order chi connectivity index (χ0) is 20.5. The molecule has 0 aliphatic rings. The Balaban J connectivity index is 3.03. The van der Waals surface area contributed by atoms with Gasteiger partial charge >= 0.3 is 0 Å². The Kier molecular flexibility index (Phi) is 25.0. The van der Waals surface area contributed by atoms with Gasteiger partial charge in [0.15, 0.2) is 0 Å². The fourth-order valence-electron chi connectivity index (χ4n) is 4.44. The second-order valence-electron chi connectivity index (χ2n) is 9.75. The van der Waals surface area contributed by atoms with Crippen LogP contribution in [-0.4, -0.2) is 0 Å². The molecule has 0 saturated carbocycles. The molecule has 1 atom stereocenters. The molecule has 0 N–H and O–H groups in total. The van der Waals surface area contributed by atoms with E-state index in [0.29, 0.717) is 0 Å². The van der Waals surface area contributed by atoms with E-state index in [0.717, 1.165) is 5.92 Å². The standard InChI is InChI=1S/C28H58/c1-4-6-8-9-10-11-12-13-14-15-16-17-18-19-20-21-22-23-24-25-27-28(3)26-7-5-2/h28H,4-27H2,1-3H3/t28-/m0/s1. The Bertz CT molecular complexity index is 257. The van der Waals surface area contributed by atoms with E-state index in [-0.39, 0.29) is 0 Å². The minimum atomic E-state index is 0.968. The van der Waals surface area contributed by atoms with E-state index in [1.165, 1.54) is 154 Å². The van der Waals surface area contributed by atoms with Crippen molar-refractivity contribution in [2.24, 2.45) is 5.92 Å². The lowest BCUT2D eigenvalue weighted by atomic mass is 9.97. The van der Waals surface area contributed by atoms with Crippen molar-refractivity contribution in [1.29, 1.82) is 0 Å². The van der Waals surface area contributed by atoms with Crippen LogP contribution in [0.15, 0.2) is 0 Å². The molecule has 0 radical (unpaired) electrons. The molecule has 0 saturated heterocycles. The number of unbranched alkanes of at least 4 members (excludes halogenated alkanes) is 20. The third-order valence-corrected chi connectivity index (χ3v) is 6.60. The molecule has 0 amide bonds. The van der Waals surface area contributed by atoms with E-state index < -0.39 is 0 Å². The first kappa shape index (κ1) is 28.0. The Labute approximate surface area is 181 Å². The van der Waals surface area contributed by atoms with E-state index in [4.69, 9.17) is 0 Å². The van der Waals surface area contributed by atoms with Crippen molar-refractivity contribution in [3.8, 4) is 0 Å². The van der Waals surface area contributed by atoms with Crippen molar-refractivity contribution in [3.05, 3.63) is 0 Å². The monoisotopic (exact) mass is 394 g/mol. The largest absolute Gasteiger partial charge is 0.0654 e. The van der Waals surface area contributed by atoms with Crippen molar-refractivity contribution in [2.45, 2.75) is 175 Å². The molecule has 0 aliphatic heterocycles. The lowest BCUT2D eigenvalue weighted by molar-refractivity contribution is 0.440. The minimum Gasteiger partial charge on any atom is -0.0654 e. The third kappa shape index (κ3) is 24.0. The number of hydrogen-bond acceptors (Lipinski definition) is 0. The smallest absolute Gasteiger partial charge is 0.0443 e. The molecule has 0 heteroatoms. The summed E-state index contributed by atoms with van der Waals surface area (Å²) in [6, 6.07) is 0. The molecule has 0 unspecified atom stereocenters. The van der Waals surface area contributed by atoms with Crippen molar-refractivity contribution in [1.82, 2.24) is 0 Å². The van der Waals surface area contributed by atoms with E-state index in [9.17, 15) is 0 Å². The Morgan fingerprint density at radius 3 is 0.893 bits per heavy atom. The van der Waals surface area contributed by atoms with E-state index in [2.05, 4.69) is 20.8 Å². The molecule has 28 heavy (non-hydrogen) atoms. The van der Waals surface area contributed by atoms with Crippen LogP contribution in [0.5, 0.6) is 0 Å². The van der Waals surface area contributed by atoms with Crippen LogP contribution in [-0.2, 0) is 0 Å². The highest BCUT2D eigenvalue weighted by atomic mass is 14.1. The van der Waals surface area contributed by atoms with Crippen molar-refractivity contribution >= 4 is 0 Å². The number of hydrogen-bond donors (Lipinski definition) is 0. The van der Waals surface area contributed by atoms with Gasteiger partial charge in [0.05, 0.1) is 0 Å². The summed E-state index contributed by atoms with van der Waals surface area (Å²) >= 11 is 0. The maximum atomic E-state index is 2.45. The summed E-state index contributed by atoms with van der Waals surface area (Å²) in [4.78, 5) is 0. The van der Waals surface area contributed by atoms with E-state index >= 15 is 0 Å². The summed E-state index contributed by atoms with van der Waals surface area (Å²) in [6.07, 6.45) is 35.3. The predicted molar refractivity (Wildman–Crippen MR) is 131 cm³/mol. The second kappa shape index (κ2) is 25.0. The fourth-order valence-corrected chi connectivity index (χ4v) is 4.44. The Morgan fingerprint density at radius 1 is 0.321 bits per heavy atom. The van der Waals surface area contributed by atoms with Crippen LogP contribution < -0.4 is 0 Å². The number of rotatable bonds is 24. The second-order valence-corrected chi connectivity index (χ2v) is 9.75. The molecule has 0 aromatic carbocycles. The predicted octanol–water partition coefficient (Wildman–Crippen LogP) is 11.0. The van der Waals surface area contributed by atoms with Gasteiger partial charge < -0.3 is 0 Å². The lowest BCUT2D eigenvalue weighted by Gasteiger charge is -2.10. The summed E-state index contributed by atoms with van der Waals surface area (Å²) in [5, 5.41) is 0. The molecule has 0 aliphatic carbocycles. The van der Waals surface area contributed by atoms with Gasteiger partial charge in [0, 0.05) is 0 Å². The highest BCUT2D eigenvalue weighted by Crippen LogP contribution is 2.18. The third-order valence-electron chi connectivity index (χ3n) is 6.60. The zero-order valence-electron chi connectivity index (χ0n) is 20.5. The van der Waals surface area contributed by atoms with Crippen molar-refractivity contribution in [3.63, 3.8) is 0 Å². The maximum Gasteiger partial charge on any atom is -0.0443 e. The van der Waals surface area contributed by atoms with Gasteiger partial charge in [-0.2, -0.15) is 0 Å². The minimum absolute atomic E-state index is 0.968. The summed E-state index contributed by atoms with van der Waals surface area (Å²) in [5.74, 6) is 0.968. The van der Waals surface area contributed by atoms with Crippen LogP contribution in [0.4, 0.5) is 0 Å². The average Bonchev–Trinajstić information content (AvgIpc) is 2.70. The van der Waals surface area contributed by atoms with Crippen LogP contribution in [0, 0.1) is 5.92 Å². The van der Waals surface area contributed by atoms with Gasteiger partial charge in [0.25, 0.3) is 0 Å².